The van der Waals surface area contributed by atoms with Gasteiger partial charge in [-0.2, -0.15) is 0 Å². The monoisotopic (exact) mass is 587 g/mol. The second-order valence-corrected chi connectivity index (χ2v) is 11.6. The van der Waals surface area contributed by atoms with Crippen LogP contribution >= 0.6 is 0 Å². The molecule has 3 aromatic carbocycles. The number of nitrogens with one attached hydrogen (secondary N) is 3. The molecule has 0 aromatic heterocycles. The highest BCUT2D eigenvalue weighted by Gasteiger charge is 2.46. The minimum absolute atomic E-state index is 0.0355. The molecule has 0 aliphatic carbocycles. The molecule has 0 heterocycles. The molecular weight excluding hydrogens is 546 g/mol. The summed E-state index contributed by atoms with van der Waals surface area (Å²) in [6.45, 7) is 9.89. The fraction of sp³-hybridized carbons (Fsp3) is 0.353. The fourth-order valence-corrected chi connectivity index (χ4v) is 4.58. The Morgan fingerprint density at radius 1 is 0.698 bits per heavy atom. The Kier molecular flexibility index (Phi) is 11.1. The van der Waals surface area contributed by atoms with Crippen LogP contribution in [0.2, 0.25) is 0 Å². The van der Waals surface area contributed by atoms with Gasteiger partial charge in [0.15, 0.2) is 0 Å². The third-order valence-corrected chi connectivity index (χ3v) is 6.75. The highest BCUT2D eigenvalue weighted by molar-refractivity contribution is 5.96. The second-order valence-electron chi connectivity index (χ2n) is 11.6. The number of carbonyl (C=O) groups excluding carboxylic acids is 4. The van der Waals surface area contributed by atoms with Crippen molar-refractivity contribution in [2.75, 3.05) is 0 Å². The minimum atomic E-state index is -1.61. The maximum Gasteiger partial charge on any atom is 0.408 e. The number of benzene rings is 3. The number of esters is 1. The molecule has 3 rings (SSSR count). The Morgan fingerprint density at radius 3 is 1.67 bits per heavy atom. The number of ether oxygens (including phenoxy) is 2. The Morgan fingerprint density at radius 2 is 1.19 bits per heavy atom. The molecule has 43 heavy (non-hydrogen) atoms. The lowest BCUT2D eigenvalue weighted by atomic mass is 9.75. The van der Waals surface area contributed by atoms with Crippen molar-refractivity contribution in [3.63, 3.8) is 0 Å². The SMILES string of the molecule is C[C@@H](NC(=O)OCc1ccccc1)C(=O)N[C@@](C)(C(=O)N[C@H](C)C(=O)OC(C)(C)C)C(c1ccccc1)c1ccccc1. The van der Waals surface area contributed by atoms with E-state index in [1.54, 1.807) is 27.7 Å². The average molecular weight is 588 g/mol. The summed E-state index contributed by atoms with van der Waals surface area (Å²) < 4.78 is 10.7. The Labute approximate surface area is 253 Å². The van der Waals surface area contributed by atoms with Gasteiger partial charge in [0.2, 0.25) is 11.8 Å². The number of carbonyl (C=O) groups is 4. The molecule has 0 saturated heterocycles. The van der Waals surface area contributed by atoms with Gasteiger partial charge in [0, 0.05) is 5.92 Å². The van der Waals surface area contributed by atoms with E-state index in [1.807, 2.05) is 91.0 Å². The molecule has 3 atom stereocenters. The van der Waals surface area contributed by atoms with Crippen molar-refractivity contribution in [2.24, 2.45) is 0 Å². The van der Waals surface area contributed by atoms with Crippen LogP contribution in [0, 0.1) is 0 Å². The summed E-state index contributed by atoms with van der Waals surface area (Å²) in [7, 11) is 0. The Bertz CT molecular complexity index is 1340. The van der Waals surface area contributed by atoms with E-state index in [2.05, 4.69) is 16.0 Å². The van der Waals surface area contributed by atoms with Gasteiger partial charge >= 0.3 is 12.1 Å². The molecule has 0 aliphatic heterocycles. The zero-order valence-corrected chi connectivity index (χ0v) is 25.5. The van der Waals surface area contributed by atoms with Gasteiger partial charge in [-0.15, -0.1) is 0 Å². The molecule has 0 saturated carbocycles. The molecule has 0 spiro atoms. The summed E-state index contributed by atoms with van der Waals surface area (Å²) in [6.07, 6.45) is -0.779. The van der Waals surface area contributed by atoms with Gasteiger partial charge in [0.05, 0.1) is 0 Å². The standard InChI is InChI=1S/C34H41N3O6/c1-23(36-32(41)42-22-25-16-10-7-11-17-25)29(38)37-34(6,31(40)35-24(2)30(39)43-33(3,4)5)28(26-18-12-8-13-19-26)27-20-14-9-15-21-27/h7-21,23-24,28H,22H2,1-6H3,(H,35,40)(H,36,41)(H,37,38)/t23-,24-,34-/m1/s1. The van der Waals surface area contributed by atoms with Crippen LogP contribution in [0.25, 0.3) is 0 Å². The first-order valence-corrected chi connectivity index (χ1v) is 14.2. The summed E-state index contributed by atoms with van der Waals surface area (Å²) in [5.74, 6) is -2.49. The van der Waals surface area contributed by atoms with Crippen LogP contribution in [0.3, 0.4) is 0 Å². The number of rotatable bonds is 11. The van der Waals surface area contributed by atoms with Gasteiger partial charge in [0.1, 0.15) is 29.8 Å². The maximum atomic E-state index is 14.1. The summed E-state index contributed by atoms with van der Waals surface area (Å²) in [5, 5.41) is 8.17. The maximum absolute atomic E-state index is 14.1. The van der Waals surface area contributed by atoms with Gasteiger partial charge < -0.3 is 25.4 Å². The number of amides is 3. The smallest absolute Gasteiger partial charge is 0.408 e. The highest BCUT2D eigenvalue weighted by Crippen LogP contribution is 2.35. The lowest BCUT2D eigenvalue weighted by Gasteiger charge is -2.39. The van der Waals surface area contributed by atoms with E-state index in [0.717, 1.165) is 16.7 Å². The molecule has 9 heteroatoms. The van der Waals surface area contributed by atoms with Crippen molar-refractivity contribution in [3.8, 4) is 0 Å². The Balaban J connectivity index is 1.90. The van der Waals surface area contributed by atoms with Gasteiger partial charge in [0.25, 0.3) is 0 Å². The van der Waals surface area contributed by atoms with Crippen molar-refractivity contribution >= 4 is 23.9 Å². The second kappa shape index (κ2) is 14.5. The van der Waals surface area contributed by atoms with Crippen LogP contribution in [-0.2, 0) is 30.5 Å². The molecular formula is C34H41N3O6. The summed E-state index contributed by atoms with van der Waals surface area (Å²) in [5.41, 5.74) is -0.0361. The number of hydrogen-bond acceptors (Lipinski definition) is 6. The quantitative estimate of drug-likeness (QED) is 0.276. The van der Waals surface area contributed by atoms with Crippen LogP contribution in [0.4, 0.5) is 4.79 Å². The predicted octanol–water partition coefficient (Wildman–Crippen LogP) is 4.85. The zero-order chi connectivity index (χ0) is 31.6. The normalized spacial score (nSPS) is 14.0. The van der Waals surface area contributed by atoms with E-state index in [0.29, 0.717) is 0 Å². The molecule has 228 valence electrons. The first kappa shape index (κ1) is 32.8. The third-order valence-electron chi connectivity index (χ3n) is 6.75. The van der Waals surface area contributed by atoms with Crippen LogP contribution in [-0.4, -0.2) is 47.1 Å². The Hall–Kier alpha value is -4.66. The first-order chi connectivity index (χ1) is 20.3. The lowest BCUT2D eigenvalue weighted by Crippen LogP contribution is -2.64. The van der Waals surface area contributed by atoms with Gasteiger partial charge in [-0.05, 0) is 58.2 Å². The minimum Gasteiger partial charge on any atom is -0.458 e. The third kappa shape index (κ3) is 9.43. The van der Waals surface area contributed by atoms with Crippen molar-refractivity contribution in [1.29, 1.82) is 0 Å². The summed E-state index contributed by atoms with van der Waals surface area (Å²) in [4.78, 5) is 53.0. The topological polar surface area (TPSA) is 123 Å². The van der Waals surface area contributed by atoms with Crippen molar-refractivity contribution in [2.45, 2.75) is 77.3 Å². The van der Waals surface area contributed by atoms with Gasteiger partial charge in [-0.1, -0.05) is 91.0 Å². The molecule has 0 radical (unpaired) electrons. The average Bonchev–Trinajstić information content (AvgIpc) is 2.96. The first-order valence-electron chi connectivity index (χ1n) is 14.2. The van der Waals surface area contributed by atoms with E-state index in [9.17, 15) is 19.2 Å². The molecule has 3 aromatic rings. The van der Waals surface area contributed by atoms with E-state index in [4.69, 9.17) is 9.47 Å². The zero-order valence-electron chi connectivity index (χ0n) is 25.5. The molecule has 0 bridgehead atoms. The largest absolute Gasteiger partial charge is 0.458 e. The number of alkyl carbamates (subject to hydrolysis) is 1. The molecule has 9 nitrogen and oxygen atoms in total. The predicted molar refractivity (Wildman–Crippen MR) is 164 cm³/mol. The molecule has 3 N–H and O–H groups in total. The molecule has 3 amide bonds. The van der Waals surface area contributed by atoms with Crippen molar-refractivity contribution in [1.82, 2.24) is 16.0 Å². The summed E-state index contributed by atoms with van der Waals surface area (Å²) >= 11 is 0. The van der Waals surface area contributed by atoms with E-state index in [1.165, 1.54) is 13.8 Å². The summed E-state index contributed by atoms with van der Waals surface area (Å²) in [6, 6.07) is 25.7. The van der Waals surface area contributed by atoms with Crippen LogP contribution in [0.1, 0.15) is 64.2 Å². The van der Waals surface area contributed by atoms with E-state index >= 15 is 0 Å². The molecule has 0 aliphatic rings. The van der Waals surface area contributed by atoms with Gasteiger partial charge in [-0.3, -0.25) is 9.59 Å². The van der Waals surface area contributed by atoms with Crippen LogP contribution in [0.15, 0.2) is 91.0 Å². The number of hydrogen-bond donors (Lipinski definition) is 3. The molecule has 0 fully saturated rings. The lowest BCUT2D eigenvalue weighted by molar-refractivity contribution is -0.158. The van der Waals surface area contributed by atoms with Crippen molar-refractivity contribution in [3.05, 3.63) is 108 Å². The van der Waals surface area contributed by atoms with Crippen LogP contribution in [0.5, 0.6) is 0 Å². The fourth-order valence-electron chi connectivity index (χ4n) is 4.58. The van der Waals surface area contributed by atoms with E-state index in [-0.39, 0.29) is 6.61 Å². The van der Waals surface area contributed by atoms with Crippen molar-refractivity contribution < 1.29 is 28.7 Å². The van der Waals surface area contributed by atoms with E-state index < -0.39 is 53.0 Å². The molecule has 0 unspecified atom stereocenters. The van der Waals surface area contributed by atoms with Gasteiger partial charge in [-0.25, -0.2) is 9.59 Å². The van der Waals surface area contributed by atoms with Crippen LogP contribution < -0.4 is 16.0 Å². The highest BCUT2D eigenvalue weighted by atomic mass is 16.6.